The van der Waals surface area contributed by atoms with Crippen LogP contribution in [0.1, 0.15) is 25.6 Å². The van der Waals surface area contributed by atoms with Gasteiger partial charge in [-0.05, 0) is 0 Å². The van der Waals surface area contributed by atoms with Crippen molar-refractivity contribution in [1.29, 1.82) is 0 Å². The van der Waals surface area contributed by atoms with E-state index in [1.165, 1.54) is 11.8 Å². The van der Waals surface area contributed by atoms with E-state index in [9.17, 15) is 0 Å². The first-order valence-electron chi connectivity index (χ1n) is 5.60. The maximum atomic E-state index is 5.42. The summed E-state index contributed by atoms with van der Waals surface area (Å²) in [6.45, 7) is 4.10. The molecule has 0 aromatic carbocycles. The van der Waals surface area contributed by atoms with Gasteiger partial charge in [0.05, 0.1) is 11.1 Å². The van der Waals surface area contributed by atoms with E-state index in [2.05, 4.69) is 20.5 Å². The summed E-state index contributed by atoms with van der Waals surface area (Å²) < 4.78 is 1.76. The van der Waals surface area contributed by atoms with Gasteiger partial charge in [0.15, 0.2) is 0 Å². The molecule has 0 fully saturated rings. The quantitative estimate of drug-likeness (QED) is 0.497. The molecule has 0 aliphatic heterocycles. The summed E-state index contributed by atoms with van der Waals surface area (Å²) in [5, 5.41) is 4.98. The van der Waals surface area contributed by atoms with Crippen LogP contribution in [0.25, 0.3) is 0 Å². The second kappa shape index (κ2) is 5.36. The molecule has 7 heteroatoms. The molecule has 0 spiro atoms. The fourth-order valence-electron chi connectivity index (χ4n) is 1.40. The Morgan fingerprint density at radius 2 is 2.17 bits per heavy atom. The molecule has 0 aliphatic carbocycles. The zero-order valence-corrected chi connectivity index (χ0v) is 11.4. The summed E-state index contributed by atoms with van der Waals surface area (Å²) in [5.41, 5.74) is 2.57. The van der Waals surface area contributed by atoms with Gasteiger partial charge in [0.25, 0.3) is 0 Å². The zero-order chi connectivity index (χ0) is 13.1. The molecule has 2 rings (SSSR count). The van der Waals surface area contributed by atoms with Crippen molar-refractivity contribution in [3.63, 3.8) is 0 Å². The van der Waals surface area contributed by atoms with Gasteiger partial charge in [-0.2, -0.15) is 5.10 Å². The molecule has 0 saturated heterocycles. The first-order valence-corrected chi connectivity index (χ1v) is 6.42. The standard InChI is InChI=1S/C11H16N6S/c1-7(2)11-14-9(16-12)4-10(15-11)18-8-5-13-17(3)6-8/h4-7H,12H2,1-3H3,(H,14,15,16). The summed E-state index contributed by atoms with van der Waals surface area (Å²) in [5.74, 6) is 7.08. The predicted molar refractivity (Wildman–Crippen MR) is 71.3 cm³/mol. The van der Waals surface area contributed by atoms with Crippen molar-refractivity contribution in [2.24, 2.45) is 12.9 Å². The number of hydrazine groups is 1. The molecule has 0 aliphatic rings. The van der Waals surface area contributed by atoms with Crippen molar-refractivity contribution in [1.82, 2.24) is 19.7 Å². The lowest BCUT2D eigenvalue weighted by atomic mass is 10.2. The number of nitrogen functional groups attached to an aromatic ring is 1. The van der Waals surface area contributed by atoms with E-state index in [1.54, 1.807) is 10.9 Å². The molecule has 0 radical (unpaired) electrons. The lowest BCUT2D eigenvalue weighted by Gasteiger charge is -2.08. The Hall–Kier alpha value is -1.60. The fraction of sp³-hybridized carbons (Fsp3) is 0.364. The van der Waals surface area contributed by atoms with Crippen LogP contribution in [0.5, 0.6) is 0 Å². The van der Waals surface area contributed by atoms with Crippen LogP contribution in [0, 0.1) is 0 Å². The molecule has 0 amide bonds. The lowest BCUT2D eigenvalue weighted by Crippen LogP contribution is -2.11. The molecule has 18 heavy (non-hydrogen) atoms. The molecule has 0 unspecified atom stereocenters. The van der Waals surface area contributed by atoms with E-state index >= 15 is 0 Å². The Morgan fingerprint density at radius 3 is 2.72 bits per heavy atom. The van der Waals surface area contributed by atoms with Gasteiger partial charge in [-0.25, -0.2) is 15.8 Å². The number of hydrogen-bond donors (Lipinski definition) is 2. The Morgan fingerprint density at radius 1 is 1.39 bits per heavy atom. The second-order valence-electron chi connectivity index (χ2n) is 4.20. The zero-order valence-electron chi connectivity index (χ0n) is 10.6. The molecule has 0 bridgehead atoms. The van der Waals surface area contributed by atoms with Gasteiger partial charge in [0.2, 0.25) is 0 Å². The number of hydrogen-bond acceptors (Lipinski definition) is 6. The maximum absolute atomic E-state index is 5.42. The first kappa shape index (κ1) is 12.8. The summed E-state index contributed by atoms with van der Waals surface area (Å²) in [7, 11) is 1.89. The molecule has 0 saturated carbocycles. The van der Waals surface area contributed by atoms with Crippen molar-refractivity contribution >= 4 is 17.6 Å². The highest BCUT2D eigenvalue weighted by Crippen LogP contribution is 2.27. The van der Waals surface area contributed by atoms with E-state index in [1.807, 2.05) is 33.2 Å². The first-order chi connectivity index (χ1) is 8.58. The largest absolute Gasteiger partial charge is 0.308 e. The van der Waals surface area contributed by atoms with Crippen LogP contribution in [0.4, 0.5) is 5.82 Å². The number of aryl methyl sites for hydroxylation is 1. The third-order valence-electron chi connectivity index (χ3n) is 2.29. The number of aromatic nitrogens is 4. The Balaban J connectivity index is 2.29. The van der Waals surface area contributed by atoms with Crippen molar-refractivity contribution < 1.29 is 0 Å². The van der Waals surface area contributed by atoms with Crippen LogP contribution in [0.3, 0.4) is 0 Å². The molecule has 6 nitrogen and oxygen atoms in total. The fourth-order valence-corrected chi connectivity index (χ4v) is 2.26. The lowest BCUT2D eigenvalue weighted by molar-refractivity contribution is 0.754. The molecule has 2 heterocycles. The van der Waals surface area contributed by atoms with Gasteiger partial charge >= 0.3 is 0 Å². The topological polar surface area (TPSA) is 81.6 Å². The normalized spacial score (nSPS) is 10.9. The number of nitrogens with zero attached hydrogens (tertiary/aromatic N) is 4. The highest BCUT2D eigenvalue weighted by Gasteiger charge is 2.09. The van der Waals surface area contributed by atoms with Crippen LogP contribution in [0.15, 0.2) is 28.4 Å². The Kier molecular flexibility index (Phi) is 3.83. The summed E-state index contributed by atoms with van der Waals surface area (Å²) in [4.78, 5) is 9.86. The monoisotopic (exact) mass is 264 g/mol. The van der Waals surface area contributed by atoms with E-state index in [0.29, 0.717) is 5.82 Å². The average Bonchev–Trinajstić information content (AvgIpc) is 2.74. The molecule has 3 N–H and O–H groups in total. The van der Waals surface area contributed by atoms with E-state index in [4.69, 9.17) is 5.84 Å². The van der Waals surface area contributed by atoms with Crippen LogP contribution < -0.4 is 11.3 Å². The Bertz CT molecular complexity index is 536. The highest BCUT2D eigenvalue weighted by atomic mass is 32.2. The van der Waals surface area contributed by atoms with E-state index in [0.717, 1.165) is 15.7 Å². The summed E-state index contributed by atoms with van der Waals surface area (Å²) in [6, 6.07) is 1.82. The third-order valence-corrected chi connectivity index (χ3v) is 3.15. The van der Waals surface area contributed by atoms with Crippen LogP contribution >= 0.6 is 11.8 Å². The minimum atomic E-state index is 0.256. The van der Waals surface area contributed by atoms with Gasteiger partial charge in [-0.3, -0.25) is 4.68 Å². The van der Waals surface area contributed by atoms with Crippen LogP contribution in [-0.2, 0) is 7.05 Å². The van der Waals surface area contributed by atoms with Gasteiger partial charge in [-0.15, -0.1) is 0 Å². The van der Waals surface area contributed by atoms with E-state index < -0.39 is 0 Å². The van der Waals surface area contributed by atoms with Crippen LogP contribution in [0.2, 0.25) is 0 Å². The summed E-state index contributed by atoms with van der Waals surface area (Å²) in [6.07, 6.45) is 3.74. The molecular formula is C11H16N6S. The molecule has 96 valence electrons. The van der Waals surface area contributed by atoms with Gasteiger partial charge in [0.1, 0.15) is 16.7 Å². The highest BCUT2D eigenvalue weighted by molar-refractivity contribution is 7.99. The van der Waals surface area contributed by atoms with E-state index in [-0.39, 0.29) is 5.92 Å². The third kappa shape index (κ3) is 2.99. The molecule has 0 atom stereocenters. The summed E-state index contributed by atoms with van der Waals surface area (Å²) >= 11 is 1.54. The number of anilines is 1. The number of nitrogens with two attached hydrogens (primary N) is 1. The van der Waals surface area contributed by atoms with Gasteiger partial charge in [-0.1, -0.05) is 25.6 Å². The SMILES string of the molecule is CC(C)c1nc(NN)cc(Sc2cnn(C)c2)n1. The van der Waals surface area contributed by atoms with Crippen molar-refractivity contribution in [3.05, 3.63) is 24.3 Å². The van der Waals surface area contributed by atoms with Gasteiger partial charge < -0.3 is 5.43 Å². The number of nitrogens with one attached hydrogen (secondary N) is 1. The predicted octanol–water partition coefficient (Wildman–Crippen LogP) is 1.77. The molecule has 2 aromatic heterocycles. The maximum Gasteiger partial charge on any atom is 0.144 e. The smallest absolute Gasteiger partial charge is 0.144 e. The van der Waals surface area contributed by atoms with Crippen LogP contribution in [-0.4, -0.2) is 19.7 Å². The molecule has 2 aromatic rings. The Labute approximate surface area is 110 Å². The van der Waals surface area contributed by atoms with Gasteiger partial charge in [0, 0.05) is 25.2 Å². The average molecular weight is 264 g/mol. The number of rotatable bonds is 4. The van der Waals surface area contributed by atoms with Crippen molar-refractivity contribution in [2.75, 3.05) is 5.43 Å². The minimum absolute atomic E-state index is 0.256. The molecular weight excluding hydrogens is 248 g/mol. The van der Waals surface area contributed by atoms with Crippen molar-refractivity contribution in [2.45, 2.75) is 29.7 Å². The second-order valence-corrected chi connectivity index (χ2v) is 5.29. The minimum Gasteiger partial charge on any atom is -0.308 e. The van der Waals surface area contributed by atoms with Crippen molar-refractivity contribution in [3.8, 4) is 0 Å².